The van der Waals surface area contributed by atoms with Crippen molar-refractivity contribution in [3.63, 3.8) is 0 Å². The fraction of sp³-hybridized carbons (Fsp3) is 0.127. The van der Waals surface area contributed by atoms with Gasteiger partial charge in [0.15, 0.2) is 0 Å². The van der Waals surface area contributed by atoms with Crippen molar-refractivity contribution in [2.75, 3.05) is 0 Å². The average molecular weight is 789 g/mol. The number of para-hydroxylation sites is 3. The first-order chi connectivity index (χ1) is 33.4. The van der Waals surface area contributed by atoms with E-state index in [-0.39, 0.29) is 39.3 Å². The Labute approximate surface area is 365 Å². The predicted molar refractivity (Wildman–Crippen MR) is 246 cm³/mol. The van der Waals surface area contributed by atoms with Crippen LogP contribution < -0.4 is 9.30 Å². The van der Waals surface area contributed by atoms with Crippen LogP contribution in [0.25, 0.3) is 72.3 Å². The van der Waals surface area contributed by atoms with Crippen molar-refractivity contribution in [1.82, 2.24) is 14.1 Å². The largest absolute Gasteiger partial charge is 0.458 e. The summed E-state index contributed by atoms with van der Waals surface area (Å²) < 4.78 is 100.0. The summed E-state index contributed by atoms with van der Waals surface area (Å²) in [5.74, 6) is 1.91. The number of nitrogens with zero attached hydrogens (tertiary/aromatic N) is 4. The SMILES string of the molecule is [2H]c1c([2H])c([2H])c(-c2cccc(-c3c([2H])c([2H])c([2H])c([2H])c3[2H])c2-[n+]2[c-]n(-c3cccc(Oc4ccc5c6ccccc6n(-c6cc(C(C)(C)C)ccn6)c5c4)c3)c3c(C(C)C)cccc32)c([2H])c1[2H]. The second-order valence-electron chi connectivity index (χ2n) is 16.1. The highest BCUT2D eigenvalue weighted by atomic mass is 16.5. The van der Waals surface area contributed by atoms with Crippen LogP contribution in [0.5, 0.6) is 11.5 Å². The van der Waals surface area contributed by atoms with Crippen LogP contribution in [-0.2, 0) is 5.41 Å². The number of hydrogen-bond donors (Lipinski definition) is 0. The molecule has 5 nitrogen and oxygen atoms in total. The summed E-state index contributed by atoms with van der Waals surface area (Å²) in [7, 11) is 0. The Kier molecular flexibility index (Phi) is 6.79. The minimum atomic E-state index is -0.563. The number of pyridine rings is 1. The van der Waals surface area contributed by atoms with Gasteiger partial charge in [-0.15, -0.1) is 0 Å². The molecule has 7 aromatic carbocycles. The van der Waals surface area contributed by atoms with E-state index in [1.165, 1.54) is 0 Å². The monoisotopic (exact) mass is 788 g/mol. The molecule has 0 aliphatic heterocycles. The molecule has 3 aromatic heterocycles. The Morgan fingerprint density at radius 2 is 1.33 bits per heavy atom. The van der Waals surface area contributed by atoms with E-state index in [0.717, 1.165) is 44.3 Å². The van der Waals surface area contributed by atoms with Gasteiger partial charge in [-0.25, -0.2) is 4.98 Å². The lowest BCUT2D eigenvalue weighted by molar-refractivity contribution is -0.571. The lowest BCUT2D eigenvalue weighted by Crippen LogP contribution is -2.31. The third kappa shape index (κ3) is 6.53. The van der Waals surface area contributed by atoms with Crippen molar-refractivity contribution < 1.29 is 23.0 Å². The van der Waals surface area contributed by atoms with Gasteiger partial charge < -0.3 is 4.74 Å². The number of benzene rings is 7. The molecule has 3 heterocycles. The molecule has 0 N–H and O–H groups in total. The second kappa shape index (κ2) is 14.9. The molecule has 0 radical (unpaired) electrons. The van der Waals surface area contributed by atoms with Crippen molar-refractivity contribution in [3.05, 3.63) is 199 Å². The fourth-order valence-corrected chi connectivity index (χ4v) is 8.05. The summed E-state index contributed by atoms with van der Waals surface area (Å²) in [6, 6.07) is 31.5. The van der Waals surface area contributed by atoms with Crippen LogP contribution >= 0.6 is 0 Å². The molecular weight excluding hydrogens is 733 g/mol. The fourth-order valence-electron chi connectivity index (χ4n) is 8.05. The Bertz CT molecular complexity index is 3650. The average Bonchev–Trinajstić information content (AvgIpc) is 3.90. The molecular formula is C55H46N4O. The molecule has 0 aliphatic carbocycles. The van der Waals surface area contributed by atoms with Gasteiger partial charge in [-0.3, -0.25) is 13.7 Å². The molecule has 0 fully saturated rings. The first-order valence-corrected chi connectivity index (χ1v) is 19.9. The van der Waals surface area contributed by atoms with Gasteiger partial charge in [0.1, 0.15) is 17.3 Å². The Morgan fingerprint density at radius 1 is 0.667 bits per heavy atom. The lowest BCUT2D eigenvalue weighted by atomic mass is 9.88. The van der Waals surface area contributed by atoms with Crippen LogP contribution in [0.1, 0.15) is 65.4 Å². The quantitative estimate of drug-likeness (QED) is 0.114. The number of aromatic nitrogens is 4. The number of imidazole rings is 1. The van der Waals surface area contributed by atoms with E-state index in [9.17, 15) is 0 Å². The van der Waals surface area contributed by atoms with Gasteiger partial charge in [0.05, 0.1) is 47.1 Å². The minimum absolute atomic E-state index is 0.00697. The van der Waals surface area contributed by atoms with Gasteiger partial charge in [-0.2, -0.15) is 0 Å². The van der Waals surface area contributed by atoms with Crippen molar-refractivity contribution >= 4 is 32.8 Å². The summed E-state index contributed by atoms with van der Waals surface area (Å²) in [6.45, 7) is 10.7. The van der Waals surface area contributed by atoms with Crippen molar-refractivity contribution in [2.45, 2.75) is 46.0 Å². The molecule has 0 saturated carbocycles. The number of hydrogen-bond acceptors (Lipinski definition) is 2. The first kappa shape index (κ1) is 27.4. The Morgan fingerprint density at radius 3 is 2.05 bits per heavy atom. The number of rotatable bonds is 8. The molecule has 0 amide bonds. The minimum Gasteiger partial charge on any atom is -0.458 e. The molecule has 0 saturated heterocycles. The van der Waals surface area contributed by atoms with E-state index in [2.05, 4.69) is 75.8 Å². The predicted octanol–water partition coefficient (Wildman–Crippen LogP) is 13.7. The highest BCUT2D eigenvalue weighted by Crippen LogP contribution is 2.38. The zero-order chi connectivity index (χ0) is 49.7. The standard InChI is InChI=1S/C55H46N4O/c1-37(2)44-24-16-28-50-54(44)57(36-58(50)53-45(38-17-8-6-9-18-38)25-15-26-46(53)39-19-10-7-11-20-39)41-21-14-22-42(34-41)60-43-29-30-48-47-23-12-13-27-49(47)59(51(48)35-43)52-33-40(31-32-56-52)55(3,4)5/h6-35,37H,1-5H3/i6D,7D,8D,9D,10D,11D,17D,18D,19D,20D. The van der Waals surface area contributed by atoms with Gasteiger partial charge in [-0.05, 0) is 93.2 Å². The van der Waals surface area contributed by atoms with Crippen molar-refractivity contribution in [3.8, 4) is 50.9 Å². The summed E-state index contributed by atoms with van der Waals surface area (Å²) in [4.78, 5) is 4.84. The van der Waals surface area contributed by atoms with Gasteiger partial charge >= 0.3 is 0 Å². The summed E-state index contributed by atoms with van der Waals surface area (Å²) in [6.07, 6.45) is 5.38. The third-order valence-corrected chi connectivity index (χ3v) is 10.9. The molecule has 10 aromatic rings. The maximum atomic E-state index is 9.08. The molecule has 0 aliphatic rings. The lowest BCUT2D eigenvalue weighted by Gasteiger charge is -2.20. The number of ether oxygens (including phenoxy) is 1. The maximum absolute atomic E-state index is 9.08. The van der Waals surface area contributed by atoms with Crippen molar-refractivity contribution in [1.29, 1.82) is 0 Å². The molecule has 10 rings (SSSR count). The van der Waals surface area contributed by atoms with Crippen LogP contribution in [-0.4, -0.2) is 14.1 Å². The van der Waals surface area contributed by atoms with Gasteiger partial charge in [0.25, 0.3) is 6.33 Å². The van der Waals surface area contributed by atoms with E-state index < -0.39 is 60.4 Å². The molecule has 292 valence electrons. The molecule has 5 heteroatoms. The molecule has 0 atom stereocenters. The summed E-state index contributed by atoms with van der Waals surface area (Å²) in [5, 5.41) is 2.13. The Balaban J connectivity index is 1.19. The molecule has 60 heavy (non-hydrogen) atoms. The topological polar surface area (TPSA) is 35.9 Å². The molecule has 0 unspecified atom stereocenters. The van der Waals surface area contributed by atoms with E-state index in [1.54, 1.807) is 22.8 Å². The van der Waals surface area contributed by atoms with Gasteiger partial charge in [0.2, 0.25) is 0 Å². The van der Waals surface area contributed by atoms with Crippen LogP contribution in [0.4, 0.5) is 0 Å². The van der Waals surface area contributed by atoms with E-state index in [0.29, 0.717) is 22.7 Å². The second-order valence-corrected chi connectivity index (χ2v) is 16.1. The Hall–Kier alpha value is -7.24. The van der Waals surface area contributed by atoms with E-state index in [1.807, 2.05) is 77.5 Å². The van der Waals surface area contributed by atoms with Gasteiger partial charge in [0, 0.05) is 23.0 Å². The summed E-state index contributed by atoms with van der Waals surface area (Å²) in [5.41, 5.74) is 6.20. The zero-order valence-electron chi connectivity index (χ0n) is 43.8. The molecule has 0 bridgehead atoms. The van der Waals surface area contributed by atoms with Crippen molar-refractivity contribution in [2.24, 2.45) is 0 Å². The third-order valence-electron chi connectivity index (χ3n) is 10.9. The van der Waals surface area contributed by atoms with E-state index >= 15 is 0 Å². The van der Waals surface area contributed by atoms with Gasteiger partial charge in [-0.1, -0.05) is 156 Å². The highest BCUT2D eigenvalue weighted by molar-refractivity contribution is 6.09. The van der Waals surface area contributed by atoms with E-state index in [4.69, 9.17) is 23.4 Å². The number of fused-ring (bicyclic) bond motifs is 4. The normalized spacial score (nSPS) is 14.2. The highest BCUT2D eigenvalue weighted by Gasteiger charge is 2.23. The maximum Gasteiger partial charge on any atom is 0.269 e. The van der Waals surface area contributed by atoms with Crippen LogP contribution in [0.15, 0.2) is 182 Å². The van der Waals surface area contributed by atoms with Crippen LogP contribution in [0, 0.1) is 6.33 Å². The van der Waals surface area contributed by atoms with Crippen LogP contribution in [0.3, 0.4) is 0 Å². The van der Waals surface area contributed by atoms with Crippen LogP contribution in [0.2, 0.25) is 0 Å². The molecule has 0 spiro atoms. The summed E-state index contributed by atoms with van der Waals surface area (Å²) >= 11 is 0. The first-order valence-electron chi connectivity index (χ1n) is 24.9. The smallest absolute Gasteiger partial charge is 0.269 e. The zero-order valence-corrected chi connectivity index (χ0v) is 33.8.